The predicted octanol–water partition coefficient (Wildman–Crippen LogP) is 4.78. The van der Waals surface area contributed by atoms with Crippen LogP contribution in [0.5, 0.6) is 5.75 Å². The first kappa shape index (κ1) is 24.8. The van der Waals surface area contributed by atoms with Gasteiger partial charge in [-0.05, 0) is 36.5 Å². The SMILES string of the molecule is CCOC(=O)c1cn2c(c(C#N)c1=O)-c1cc(Cl)c(OCCCOC)cc1CC2C(C)(C)C. The van der Waals surface area contributed by atoms with Gasteiger partial charge in [-0.1, -0.05) is 32.4 Å². The highest BCUT2D eigenvalue weighted by atomic mass is 35.5. The largest absolute Gasteiger partial charge is 0.492 e. The molecule has 1 aliphatic rings. The van der Waals surface area contributed by atoms with Gasteiger partial charge in [-0.2, -0.15) is 5.26 Å². The van der Waals surface area contributed by atoms with Crippen LogP contribution in [0.15, 0.2) is 23.1 Å². The van der Waals surface area contributed by atoms with Gasteiger partial charge in [-0.15, -0.1) is 0 Å². The van der Waals surface area contributed by atoms with E-state index in [1.165, 1.54) is 6.20 Å². The van der Waals surface area contributed by atoms with Crippen LogP contribution in [-0.4, -0.2) is 37.5 Å². The molecule has 2 aromatic rings. The fourth-order valence-electron chi connectivity index (χ4n) is 4.12. The standard InChI is InChI=1S/C25H29ClN2O5/c1-6-32-24(30)18-14-28-21(25(2,3)4)11-15-10-20(33-9-7-8-31-5)19(26)12-16(15)22(28)17(13-27)23(18)29/h10,12,14,21H,6-9,11H2,1-5H3. The molecule has 0 amide bonds. The maximum Gasteiger partial charge on any atom is 0.343 e. The Kier molecular flexibility index (Phi) is 7.51. The Hall–Kier alpha value is -2.82. The fraction of sp³-hybridized carbons (Fsp3) is 0.480. The summed E-state index contributed by atoms with van der Waals surface area (Å²) in [5.41, 5.74) is 0.969. The zero-order valence-corrected chi connectivity index (χ0v) is 20.4. The quantitative estimate of drug-likeness (QED) is 0.425. The third-order valence-electron chi connectivity index (χ3n) is 5.75. The number of methoxy groups -OCH3 is 1. The Labute approximate surface area is 198 Å². The van der Waals surface area contributed by atoms with Gasteiger partial charge >= 0.3 is 5.97 Å². The number of nitriles is 1. The lowest BCUT2D eigenvalue weighted by Crippen LogP contribution is -2.34. The van der Waals surface area contributed by atoms with Crippen molar-refractivity contribution in [3.8, 4) is 23.1 Å². The highest BCUT2D eigenvalue weighted by Crippen LogP contribution is 2.46. The molecule has 0 N–H and O–H groups in total. The van der Waals surface area contributed by atoms with E-state index in [0.29, 0.717) is 41.7 Å². The number of nitrogens with zero attached hydrogens (tertiary/aromatic N) is 2. The zero-order chi connectivity index (χ0) is 24.3. The summed E-state index contributed by atoms with van der Waals surface area (Å²) in [5, 5.41) is 10.3. The molecule has 0 aliphatic carbocycles. The Balaban J connectivity index is 2.23. The van der Waals surface area contributed by atoms with Crippen LogP contribution in [0, 0.1) is 16.7 Å². The van der Waals surface area contributed by atoms with E-state index in [1.54, 1.807) is 20.1 Å². The van der Waals surface area contributed by atoms with E-state index in [9.17, 15) is 14.9 Å². The van der Waals surface area contributed by atoms with E-state index in [2.05, 4.69) is 20.8 Å². The van der Waals surface area contributed by atoms with Crippen molar-refractivity contribution >= 4 is 17.6 Å². The maximum atomic E-state index is 13.1. The van der Waals surface area contributed by atoms with Gasteiger partial charge in [0.05, 0.1) is 23.9 Å². The lowest BCUT2D eigenvalue weighted by atomic mass is 9.78. The smallest absolute Gasteiger partial charge is 0.343 e. The number of carbonyl (C=O) groups excluding carboxylic acids is 1. The first-order valence-electron chi connectivity index (χ1n) is 10.9. The van der Waals surface area contributed by atoms with Gasteiger partial charge < -0.3 is 18.8 Å². The van der Waals surface area contributed by atoms with Crippen LogP contribution < -0.4 is 10.2 Å². The Morgan fingerprint density at radius 3 is 2.64 bits per heavy atom. The number of hydrogen-bond donors (Lipinski definition) is 0. The van der Waals surface area contributed by atoms with Crippen LogP contribution >= 0.6 is 11.6 Å². The molecular formula is C25H29ClN2O5. The summed E-state index contributed by atoms with van der Waals surface area (Å²) in [6, 6.07) is 5.53. The lowest BCUT2D eigenvalue weighted by Gasteiger charge is -2.39. The second kappa shape index (κ2) is 9.98. The molecule has 1 atom stereocenters. The van der Waals surface area contributed by atoms with Crippen LogP contribution in [0.2, 0.25) is 5.02 Å². The minimum Gasteiger partial charge on any atom is -0.492 e. The number of hydrogen-bond acceptors (Lipinski definition) is 6. The number of rotatable bonds is 7. The summed E-state index contributed by atoms with van der Waals surface area (Å²) in [7, 11) is 1.64. The van der Waals surface area contributed by atoms with Crippen molar-refractivity contribution in [2.45, 2.75) is 46.6 Å². The van der Waals surface area contributed by atoms with Crippen molar-refractivity contribution in [2.75, 3.05) is 26.9 Å². The Morgan fingerprint density at radius 1 is 1.30 bits per heavy atom. The van der Waals surface area contributed by atoms with Gasteiger partial charge in [-0.3, -0.25) is 4.79 Å². The third-order valence-corrected chi connectivity index (χ3v) is 6.05. The fourth-order valence-corrected chi connectivity index (χ4v) is 4.34. The van der Waals surface area contributed by atoms with E-state index >= 15 is 0 Å². The van der Waals surface area contributed by atoms with Gasteiger partial charge in [0, 0.05) is 37.9 Å². The molecule has 7 nitrogen and oxygen atoms in total. The molecule has 0 bridgehead atoms. The maximum absolute atomic E-state index is 13.1. The van der Waals surface area contributed by atoms with Crippen molar-refractivity contribution in [3.05, 3.63) is 50.3 Å². The van der Waals surface area contributed by atoms with Crippen molar-refractivity contribution < 1.29 is 19.0 Å². The molecule has 8 heteroatoms. The van der Waals surface area contributed by atoms with Crippen molar-refractivity contribution in [1.29, 1.82) is 5.26 Å². The molecule has 0 spiro atoms. The monoisotopic (exact) mass is 472 g/mol. The van der Waals surface area contributed by atoms with Gasteiger partial charge in [0.2, 0.25) is 5.43 Å². The summed E-state index contributed by atoms with van der Waals surface area (Å²) in [5.74, 6) is -0.178. The van der Waals surface area contributed by atoms with Crippen LogP contribution in [0.3, 0.4) is 0 Å². The van der Waals surface area contributed by atoms with E-state index in [1.807, 2.05) is 16.7 Å². The average molecular weight is 473 g/mol. The number of pyridine rings is 1. The van der Waals surface area contributed by atoms with Gasteiger partial charge in [-0.25, -0.2) is 4.79 Å². The number of ether oxygens (including phenoxy) is 3. The number of fused-ring (bicyclic) bond motifs is 3. The van der Waals surface area contributed by atoms with Gasteiger partial charge in [0.1, 0.15) is 22.9 Å². The highest BCUT2D eigenvalue weighted by molar-refractivity contribution is 6.32. The summed E-state index contributed by atoms with van der Waals surface area (Å²) in [6.45, 7) is 9.09. The molecule has 0 fully saturated rings. The molecule has 33 heavy (non-hydrogen) atoms. The number of benzene rings is 1. The van der Waals surface area contributed by atoms with Crippen molar-refractivity contribution in [3.63, 3.8) is 0 Å². The minimum atomic E-state index is -0.731. The van der Waals surface area contributed by atoms with E-state index in [0.717, 1.165) is 12.0 Å². The Bertz CT molecular complexity index is 1160. The minimum absolute atomic E-state index is 0.0967. The topological polar surface area (TPSA) is 90.6 Å². The molecule has 1 aromatic heterocycles. The van der Waals surface area contributed by atoms with Crippen molar-refractivity contribution in [1.82, 2.24) is 4.57 Å². The number of esters is 1. The van der Waals surface area contributed by atoms with Crippen LogP contribution in [0.25, 0.3) is 11.3 Å². The first-order chi connectivity index (χ1) is 15.6. The van der Waals surface area contributed by atoms with Crippen molar-refractivity contribution in [2.24, 2.45) is 5.41 Å². The van der Waals surface area contributed by atoms with E-state index in [4.69, 9.17) is 25.8 Å². The van der Waals surface area contributed by atoms with Crippen LogP contribution in [-0.2, 0) is 15.9 Å². The zero-order valence-electron chi connectivity index (χ0n) is 19.7. The molecule has 176 valence electrons. The summed E-state index contributed by atoms with van der Waals surface area (Å²) in [6.07, 6.45) is 2.87. The van der Waals surface area contributed by atoms with Gasteiger partial charge in [0.25, 0.3) is 0 Å². The molecule has 3 rings (SSSR count). The average Bonchev–Trinajstić information content (AvgIpc) is 2.75. The van der Waals surface area contributed by atoms with Crippen LogP contribution in [0.4, 0.5) is 0 Å². The summed E-state index contributed by atoms with van der Waals surface area (Å²) in [4.78, 5) is 25.6. The predicted molar refractivity (Wildman–Crippen MR) is 126 cm³/mol. The molecular weight excluding hydrogens is 444 g/mol. The second-order valence-electron chi connectivity index (χ2n) is 9.06. The summed E-state index contributed by atoms with van der Waals surface area (Å²) < 4.78 is 17.9. The second-order valence-corrected chi connectivity index (χ2v) is 9.46. The number of halogens is 1. The molecule has 2 heterocycles. The first-order valence-corrected chi connectivity index (χ1v) is 11.3. The molecule has 0 saturated carbocycles. The molecule has 1 aliphatic heterocycles. The molecule has 0 radical (unpaired) electrons. The van der Waals surface area contributed by atoms with Crippen LogP contribution in [0.1, 0.15) is 61.6 Å². The highest BCUT2D eigenvalue weighted by Gasteiger charge is 2.36. The Morgan fingerprint density at radius 2 is 2.03 bits per heavy atom. The number of aromatic nitrogens is 1. The van der Waals surface area contributed by atoms with Gasteiger partial charge in [0.15, 0.2) is 0 Å². The molecule has 0 saturated heterocycles. The van der Waals surface area contributed by atoms with E-state index in [-0.39, 0.29) is 29.2 Å². The normalized spacial score (nSPS) is 14.8. The summed E-state index contributed by atoms with van der Waals surface area (Å²) >= 11 is 6.52. The molecule has 1 unspecified atom stereocenters. The van der Waals surface area contributed by atoms with E-state index < -0.39 is 11.4 Å². The number of carbonyl (C=O) groups is 1. The third kappa shape index (κ3) is 4.92. The lowest BCUT2D eigenvalue weighted by molar-refractivity contribution is 0.0523. The molecule has 1 aromatic carbocycles.